The number of nitrogen functional groups attached to an aromatic ring is 1. The van der Waals surface area contributed by atoms with Gasteiger partial charge >= 0.3 is 11.9 Å². The molecule has 0 saturated carbocycles. The molecule has 0 aliphatic carbocycles. The van der Waals surface area contributed by atoms with E-state index in [4.69, 9.17) is 17.3 Å². The number of pyridine rings is 1. The van der Waals surface area contributed by atoms with Gasteiger partial charge in [0, 0.05) is 23.3 Å². The Balaban J connectivity index is 1.68. The summed E-state index contributed by atoms with van der Waals surface area (Å²) in [6.45, 7) is -0.722. The molecule has 0 atom stereocenters. The summed E-state index contributed by atoms with van der Waals surface area (Å²) >= 11 is 5.89. The average molecular weight is 465 g/mol. The lowest BCUT2D eigenvalue weighted by Crippen LogP contribution is -2.27. The molecule has 0 amide bonds. The molecule has 3 aromatic heterocycles. The Kier molecular flexibility index (Phi) is 5.70. The standard InChI is InChI=1S/C19H16ClF3N8O/c20-13-5-3-12(4-6-13)17-28-30(18(32)29(17)9-7-19(21,22)23)10-15-26-11-31(27-15)14-2-1-8-25-16(14)24/h1-6,8,11H,7,9-10H2,(H2,24,25). The van der Waals surface area contributed by atoms with E-state index in [0.717, 1.165) is 9.25 Å². The highest BCUT2D eigenvalue weighted by molar-refractivity contribution is 6.30. The number of anilines is 1. The van der Waals surface area contributed by atoms with E-state index in [1.54, 1.807) is 36.4 Å². The highest BCUT2D eigenvalue weighted by atomic mass is 35.5. The molecule has 0 unspecified atom stereocenters. The first kappa shape index (κ1) is 21.6. The van der Waals surface area contributed by atoms with Gasteiger partial charge in [0.05, 0.1) is 6.42 Å². The molecule has 2 N–H and O–H groups in total. The van der Waals surface area contributed by atoms with Crippen molar-refractivity contribution in [2.45, 2.75) is 25.7 Å². The van der Waals surface area contributed by atoms with Crippen LogP contribution < -0.4 is 11.4 Å². The lowest BCUT2D eigenvalue weighted by molar-refractivity contribution is -0.136. The molecule has 0 aliphatic rings. The van der Waals surface area contributed by atoms with Gasteiger partial charge in [-0.05, 0) is 36.4 Å². The number of nitrogens with zero attached hydrogens (tertiary/aromatic N) is 7. The molecule has 1 aromatic carbocycles. The van der Waals surface area contributed by atoms with Crippen molar-refractivity contribution >= 4 is 17.4 Å². The number of halogens is 4. The summed E-state index contributed by atoms with van der Waals surface area (Å²) in [7, 11) is 0. The predicted octanol–water partition coefficient (Wildman–Crippen LogP) is 2.92. The number of hydrogen-bond donors (Lipinski definition) is 1. The van der Waals surface area contributed by atoms with Crippen molar-refractivity contribution in [3.8, 4) is 17.1 Å². The van der Waals surface area contributed by atoms with Gasteiger partial charge in [-0.15, -0.1) is 10.2 Å². The molecule has 0 aliphatic heterocycles. The third-order valence-electron chi connectivity index (χ3n) is 4.54. The van der Waals surface area contributed by atoms with Gasteiger partial charge in [0.1, 0.15) is 24.4 Å². The lowest BCUT2D eigenvalue weighted by Gasteiger charge is -2.08. The van der Waals surface area contributed by atoms with Gasteiger partial charge in [0.2, 0.25) is 0 Å². The third-order valence-corrected chi connectivity index (χ3v) is 4.79. The topological polar surface area (TPSA) is 109 Å². The van der Waals surface area contributed by atoms with E-state index in [1.807, 2.05) is 0 Å². The highest BCUT2D eigenvalue weighted by Crippen LogP contribution is 2.23. The maximum Gasteiger partial charge on any atom is 0.390 e. The second kappa shape index (κ2) is 8.46. The minimum Gasteiger partial charge on any atom is -0.382 e. The molecule has 0 radical (unpaired) electrons. The van der Waals surface area contributed by atoms with Crippen LogP contribution in [0.5, 0.6) is 0 Å². The SMILES string of the molecule is Nc1ncccc1-n1cnc(Cn2nc(-c3ccc(Cl)cc3)n(CCC(F)(F)F)c2=O)n1. The number of hydrogen-bond acceptors (Lipinski definition) is 6. The molecule has 32 heavy (non-hydrogen) atoms. The average Bonchev–Trinajstić information content (AvgIpc) is 3.32. The minimum absolute atomic E-state index is 0.0897. The van der Waals surface area contributed by atoms with Gasteiger partial charge in [0.15, 0.2) is 11.6 Å². The molecular formula is C19H16ClF3N8O. The van der Waals surface area contributed by atoms with Gasteiger partial charge in [-0.1, -0.05) is 11.6 Å². The zero-order valence-electron chi connectivity index (χ0n) is 16.4. The maximum atomic E-state index is 12.9. The van der Waals surface area contributed by atoms with E-state index >= 15 is 0 Å². The number of rotatable bonds is 6. The van der Waals surface area contributed by atoms with Gasteiger partial charge in [-0.3, -0.25) is 4.57 Å². The first-order chi connectivity index (χ1) is 15.2. The number of aromatic nitrogens is 7. The van der Waals surface area contributed by atoms with E-state index < -0.39 is 24.8 Å². The molecular weight excluding hydrogens is 449 g/mol. The molecule has 0 saturated heterocycles. The second-order valence-corrected chi connectivity index (χ2v) is 7.24. The number of benzene rings is 1. The molecule has 4 rings (SSSR count). The van der Waals surface area contributed by atoms with Gasteiger partial charge in [-0.25, -0.2) is 24.1 Å². The molecule has 4 aromatic rings. The summed E-state index contributed by atoms with van der Waals surface area (Å²) in [6, 6.07) is 9.66. The zero-order valence-corrected chi connectivity index (χ0v) is 17.1. The molecule has 9 nitrogen and oxygen atoms in total. The molecule has 0 fully saturated rings. The fraction of sp³-hybridized carbons (Fsp3) is 0.211. The van der Waals surface area contributed by atoms with Crippen molar-refractivity contribution in [3.63, 3.8) is 0 Å². The summed E-state index contributed by atoms with van der Waals surface area (Å²) in [5.41, 5.74) is 6.07. The van der Waals surface area contributed by atoms with Crippen LogP contribution in [0.3, 0.4) is 0 Å². The second-order valence-electron chi connectivity index (χ2n) is 6.80. The predicted molar refractivity (Wildman–Crippen MR) is 110 cm³/mol. The number of nitrogens with two attached hydrogens (primary N) is 1. The van der Waals surface area contributed by atoms with Gasteiger partial charge in [-0.2, -0.15) is 13.2 Å². The summed E-state index contributed by atoms with van der Waals surface area (Å²) in [5.74, 6) is 0.549. The Morgan fingerprint density at radius 3 is 2.50 bits per heavy atom. The van der Waals surface area contributed by atoms with Crippen LogP contribution in [0.1, 0.15) is 12.2 Å². The largest absolute Gasteiger partial charge is 0.390 e. The van der Waals surface area contributed by atoms with Crippen LogP contribution in [0.4, 0.5) is 19.0 Å². The highest BCUT2D eigenvalue weighted by Gasteiger charge is 2.28. The monoisotopic (exact) mass is 464 g/mol. The van der Waals surface area contributed by atoms with Crippen molar-refractivity contribution in [2.24, 2.45) is 0 Å². The summed E-state index contributed by atoms with van der Waals surface area (Å²) in [4.78, 5) is 21.0. The van der Waals surface area contributed by atoms with E-state index in [1.165, 1.54) is 17.2 Å². The summed E-state index contributed by atoms with van der Waals surface area (Å²) in [5, 5.41) is 8.95. The van der Waals surface area contributed by atoms with Crippen molar-refractivity contribution in [2.75, 3.05) is 5.73 Å². The van der Waals surface area contributed by atoms with Crippen LogP contribution in [0.15, 0.2) is 53.7 Å². The normalized spacial score (nSPS) is 11.8. The van der Waals surface area contributed by atoms with E-state index in [2.05, 4.69) is 20.2 Å². The van der Waals surface area contributed by atoms with Crippen LogP contribution >= 0.6 is 11.6 Å². The summed E-state index contributed by atoms with van der Waals surface area (Å²) in [6.07, 6.45) is -2.67. The first-order valence-corrected chi connectivity index (χ1v) is 9.71. The molecule has 0 bridgehead atoms. The van der Waals surface area contributed by atoms with Crippen molar-refractivity contribution in [1.82, 2.24) is 34.1 Å². The Morgan fingerprint density at radius 2 is 1.81 bits per heavy atom. The van der Waals surface area contributed by atoms with E-state index in [9.17, 15) is 18.0 Å². The molecule has 166 valence electrons. The Hall–Kier alpha value is -3.67. The van der Waals surface area contributed by atoms with Gasteiger partial charge in [0.25, 0.3) is 0 Å². The Morgan fingerprint density at radius 1 is 1.06 bits per heavy atom. The number of alkyl halides is 3. The maximum absolute atomic E-state index is 12.9. The van der Waals surface area contributed by atoms with Crippen LogP contribution in [-0.4, -0.2) is 40.3 Å². The zero-order chi connectivity index (χ0) is 22.9. The molecule has 13 heteroatoms. The van der Waals surface area contributed by atoms with Crippen LogP contribution in [0, 0.1) is 0 Å². The van der Waals surface area contributed by atoms with Crippen molar-refractivity contribution < 1.29 is 13.2 Å². The minimum atomic E-state index is -4.43. The van der Waals surface area contributed by atoms with Crippen LogP contribution in [0.25, 0.3) is 17.1 Å². The van der Waals surface area contributed by atoms with Gasteiger partial charge < -0.3 is 5.73 Å². The van der Waals surface area contributed by atoms with E-state index in [0.29, 0.717) is 16.3 Å². The van der Waals surface area contributed by atoms with Crippen molar-refractivity contribution in [3.05, 3.63) is 70.3 Å². The summed E-state index contributed by atoms with van der Waals surface area (Å²) < 4.78 is 41.8. The Bertz CT molecular complexity index is 1290. The molecule has 3 heterocycles. The third kappa shape index (κ3) is 4.64. The molecule has 0 spiro atoms. The van der Waals surface area contributed by atoms with E-state index in [-0.39, 0.29) is 24.0 Å². The smallest absolute Gasteiger partial charge is 0.382 e. The quantitative estimate of drug-likeness (QED) is 0.470. The fourth-order valence-corrected chi connectivity index (χ4v) is 3.15. The lowest BCUT2D eigenvalue weighted by atomic mass is 10.2. The van der Waals surface area contributed by atoms with Crippen LogP contribution in [0.2, 0.25) is 5.02 Å². The van der Waals surface area contributed by atoms with Crippen LogP contribution in [-0.2, 0) is 13.1 Å². The van der Waals surface area contributed by atoms with Crippen molar-refractivity contribution in [1.29, 1.82) is 0 Å². The Labute approximate surface area is 183 Å². The first-order valence-electron chi connectivity index (χ1n) is 9.33. The fourth-order valence-electron chi connectivity index (χ4n) is 3.02.